The van der Waals surface area contributed by atoms with Crippen molar-refractivity contribution in [1.82, 2.24) is 0 Å². The van der Waals surface area contributed by atoms with Crippen molar-refractivity contribution < 1.29 is 4.39 Å². The van der Waals surface area contributed by atoms with E-state index < -0.39 is 6.17 Å². The maximum Gasteiger partial charge on any atom is 0.122 e. The maximum absolute atomic E-state index is 13.2. The van der Waals surface area contributed by atoms with E-state index in [1.54, 1.807) is 0 Å². The van der Waals surface area contributed by atoms with Crippen molar-refractivity contribution in [2.75, 3.05) is 0 Å². The first kappa shape index (κ1) is 11.4. The molecule has 0 heterocycles. The Balaban J connectivity index is 4.49. The van der Waals surface area contributed by atoms with Gasteiger partial charge in [0.1, 0.15) is 6.17 Å². The van der Waals surface area contributed by atoms with E-state index in [0.717, 1.165) is 11.1 Å². The van der Waals surface area contributed by atoms with Crippen LogP contribution in [0.25, 0.3) is 0 Å². The van der Waals surface area contributed by atoms with Gasteiger partial charge in [-0.05, 0) is 32.8 Å². The second-order valence-electron chi connectivity index (χ2n) is 2.95. The summed E-state index contributed by atoms with van der Waals surface area (Å²) in [4.78, 5) is 0. The molecular formula is C9H16FI. The third-order valence-corrected chi connectivity index (χ3v) is 2.37. The van der Waals surface area contributed by atoms with Crippen molar-refractivity contribution in [2.45, 2.75) is 44.2 Å². The van der Waals surface area contributed by atoms with Crippen molar-refractivity contribution in [2.24, 2.45) is 0 Å². The third kappa shape index (κ3) is 3.54. The molecule has 0 nitrogen and oxygen atoms in total. The minimum Gasteiger partial charge on any atom is -0.243 e. The molecule has 0 N–H and O–H groups in total. The number of alkyl halides is 2. The fourth-order valence-corrected chi connectivity index (χ4v) is 2.19. The predicted octanol–water partition coefficient (Wildman–Crippen LogP) is 3.89. The van der Waals surface area contributed by atoms with Crippen LogP contribution in [0.4, 0.5) is 4.39 Å². The van der Waals surface area contributed by atoms with Gasteiger partial charge in [0, 0.05) is 3.92 Å². The largest absolute Gasteiger partial charge is 0.243 e. The van der Waals surface area contributed by atoms with E-state index in [4.69, 9.17) is 0 Å². The van der Waals surface area contributed by atoms with Crippen LogP contribution in [0.1, 0.15) is 34.1 Å². The highest BCUT2D eigenvalue weighted by atomic mass is 127. The summed E-state index contributed by atoms with van der Waals surface area (Å²) in [6, 6.07) is 0. The quantitative estimate of drug-likeness (QED) is 0.414. The fourth-order valence-electron chi connectivity index (χ4n) is 1.18. The molecule has 66 valence electrons. The number of rotatable bonds is 3. The van der Waals surface area contributed by atoms with Gasteiger partial charge in [-0.2, -0.15) is 0 Å². The first-order valence-corrected chi connectivity index (χ1v) is 5.20. The zero-order chi connectivity index (χ0) is 9.02. The molecule has 0 aliphatic rings. The fraction of sp³-hybridized carbons (Fsp3) is 0.778. The van der Waals surface area contributed by atoms with Crippen LogP contribution >= 0.6 is 22.6 Å². The minimum absolute atomic E-state index is 0.313. The predicted molar refractivity (Wildman–Crippen MR) is 57.0 cm³/mol. The molecule has 0 bridgehead atoms. The van der Waals surface area contributed by atoms with Crippen LogP contribution < -0.4 is 0 Å². The first-order valence-electron chi connectivity index (χ1n) is 3.96. The Morgan fingerprint density at radius 2 is 1.91 bits per heavy atom. The molecule has 1 unspecified atom stereocenters. The molecule has 0 aliphatic heterocycles. The van der Waals surface area contributed by atoms with Gasteiger partial charge in [-0.15, -0.1) is 0 Å². The topological polar surface area (TPSA) is 0 Å². The van der Waals surface area contributed by atoms with Crippen LogP contribution in [-0.2, 0) is 0 Å². The lowest BCUT2D eigenvalue weighted by Crippen LogP contribution is -2.12. The van der Waals surface area contributed by atoms with E-state index >= 15 is 0 Å². The Hall–Kier alpha value is 0.400. The summed E-state index contributed by atoms with van der Waals surface area (Å²) < 4.78 is 13.5. The van der Waals surface area contributed by atoms with Gasteiger partial charge in [-0.3, -0.25) is 0 Å². The molecule has 0 radical (unpaired) electrons. The summed E-state index contributed by atoms with van der Waals surface area (Å²) in [6.45, 7) is 7.87. The molecule has 11 heavy (non-hydrogen) atoms. The van der Waals surface area contributed by atoms with E-state index in [2.05, 4.69) is 22.6 Å². The van der Waals surface area contributed by atoms with Gasteiger partial charge in [-0.25, -0.2) is 4.39 Å². The lowest BCUT2D eigenvalue weighted by atomic mass is 10.0. The number of allylic oxidation sites excluding steroid dienone is 2. The monoisotopic (exact) mass is 270 g/mol. The zero-order valence-electron chi connectivity index (χ0n) is 7.62. The molecule has 0 fully saturated rings. The standard InChI is InChI=1S/C9H16FI/c1-5-8(10)9(6(2)3)7(4)11/h7-8H,5H2,1-4H3/t7-,8?/m0/s1. The van der Waals surface area contributed by atoms with Crippen LogP contribution in [0.5, 0.6) is 0 Å². The number of hydrogen-bond acceptors (Lipinski definition) is 0. The smallest absolute Gasteiger partial charge is 0.122 e. The van der Waals surface area contributed by atoms with E-state index in [9.17, 15) is 4.39 Å². The molecule has 2 heteroatoms. The molecule has 0 saturated heterocycles. The Morgan fingerprint density at radius 1 is 1.45 bits per heavy atom. The zero-order valence-corrected chi connectivity index (χ0v) is 9.78. The van der Waals surface area contributed by atoms with Gasteiger partial charge < -0.3 is 0 Å². The average Bonchev–Trinajstić information content (AvgIpc) is 1.85. The van der Waals surface area contributed by atoms with E-state index in [1.165, 1.54) is 0 Å². The Bertz CT molecular complexity index is 146. The second kappa shape index (κ2) is 5.12. The van der Waals surface area contributed by atoms with Gasteiger partial charge in [-0.1, -0.05) is 35.1 Å². The number of hydrogen-bond donors (Lipinski definition) is 0. The molecule has 0 aromatic heterocycles. The highest BCUT2D eigenvalue weighted by molar-refractivity contribution is 14.1. The molecule has 2 atom stereocenters. The second-order valence-corrected chi connectivity index (χ2v) is 4.82. The molecule has 0 saturated carbocycles. The van der Waals surface area contributed by atoms with Crippen LogP contribution in [-0.4, -0.2) is 10.1 Å². The highest BCUT2D eigenvalue weighted by Crippen LogP contribution is 2.23. The van der Waals surface area contributed by atoms with Crippen LogP contribution in [0.2, 0.25) is 0 Å². The van der Waals surface area contributed by atoms with Gasteiger partial charge >= 0.3 is 0 Å². The summed E-state index contributed by atoms with van der Waals surface area (Å²) in [5.74, 6) is 0. The summed E-state index contributed by atoms with van der Waals surface area (Å²) in [6.07, 6.45) is -0.152. The minimum atomic E-state index is -0.744. The highest BCUT2D eigenvalue weighted by Gasteiger charge is 2.16. The molecule has 0 rings (SSSR count). The summed E-state index contributed by atoms with van der Waals surface area (Å²) >= 11 is 2.26. The summed E-state index contributed by atoms with van der Waals surface area (Å²) in [7, 11) is 0. The van der Waals surface area contributed by atoms with Crippen molar-refractivity contribution in [3.63, 3.8) is 0 Å². The maximum atomic E-state index is 13.2. The van der Waals surface area contributed by atoms with Gasteiger partial charge in [0.25, 0.3) is 0 Å². The van der Waals surface area contributed by atoms with E-state index in [0.29, 0.717) is 10.3 Å². The Morgan fingerprint density at radius 3 is 2.00 bits per heavy atom. The van der Waals surface area contributed by atoms with E-state index in [-0.39, 0.29) is 0 Å². The first-order chi connectivity index (χ1) is 5.00. The lowest BCUT2D eigenvalue weighted by Gasteiger charge is -2.15. The van der Waals surface area contributed by atoms with Crippen LogP contribution in [0.15, 0.2) is 11.1 Å². The summed E-state index contributed by atoms with van der Waals surface area (Å²) in [5.41, 5.74) is 2.09. The van der Waals surface area contributed by atoms with Crippen molar-refractivity contribution in [3.8, 4) is 0 Å². The van der Waals surface area contributed by atoms with Gasteiger partial charge in [0.05, 0.1) is 0 Å². The molecule has 0 spiro atoms. The Labute approximate surface area is 82.4 Å². The number of halogens is 2. The van der Waals surface area contributed by atoms with Gasteiger partial charge in [0.15, 0.2) is 0 Å². The van der Waals surface area contributed by atoms with Gasteiger partial charge in [0.2, 0.25) is 0 Å². The molecule has 0 amide bonds. The van der Waals surface area contributed by atoms with Crippen molar-refractivity contribution in [3.05, 3.63) is 11.1 Å². The van der Waals surface area contributed by atoms with Crippen molar-refractivity contribution in [1.29, 1.82) is 0 Å². The summed E-state index contributed by atoms with van der Waals surface area (Å²) in [5, 5.41) is 0. The van der Waals surface area contributed by atoms with Crippen molar-refractivity contribution >= 4 is 22.6 Å². The van der Waals surface area contributed by atoms with Crippen LogP contribution in [0, 0.1) is 0 Å². The normalized spacial score (nSPS) is 15.8. The Kier molecular flexibility index (Phi) is 5.30. The molecule has 0 aromatic carbocycles. The lowest BCUT2D eigenvalue weighted by molar-refractivity contribution is 0.366. The van der Waals surface area contributed by atoms with E-state index in [1.807, 2.05) is 27.7 Å². The molecular weight excluding hydrogens is 254 g/mol. The third-order valence-electron chi connectivity index (χ3n) is 1.70. The average molecular weight is 270 g/mol. The SMILES string of the molecule is CCC(F)C(=C(C)C)[C@H](C)I. The molecule has 0 aromatic rings. The van der Waals surface area contributed by atoms with Crippen LogP contribution in [0.3, 0.4) is 0 Å². The molecule has 0 aliphatic carbocycles.